The third-order valence-electron chi connectivity index (χ3n) is 3.14. The maximum atomic E-state index is 4.18. The highest BCUT2D eigenvalue weighted by Gasteiger charge is 2.06. The number of aryl methyl sites for hydroxylation is 1. The molecule has 2 aromatic carbocycles. The molecule has 0 N–H and O–H groups in total. The monoisotopic (exact) mass is 249 g/mol. The Bertz CT molecular complexity index is 654. The average Bonchev–Trinajstić information content (AvgIpc) is 2.89. The number of hydrogen-bond acceptors (Lipinski definition) is 2. The summed E-state index contributed by atoms with van der Waals surface area (Å²) in [5.74, 6) is 0. The molecule has 94 valence electrons. The van der Waals surface area contributed by atoms with Crippen molar-refractivity contribution < 1.29 is 0 Å². The van der Waals surface area contributed by atoms with Crippen LogP contribution in [0.5, 0.6) is 0 Å². The first-order valence-electron chi connectivity index (χ1n) is 6.32. The van der Waals surface area contributed by atoms with E-state index >= 15 is 0 Å². The van der Waals surface area contributed by atoms with Gasteiger partial charge in [-0.25, -0.2) is 4.68 Å². The van der Waals surface area contributed by atoms with Crippen LogP contribution >= 0.6 is 0 Å². The zero-order valence-electron chi connectivity index (χ0n) is 10.8. The fourth-order valence-electron chi connectivity index (χ4n) is 2.08. The summed E-state index contributed by atoms with van der Waals surface area (Å²) in [6.07, 6.45) is 1.81. The molecular weight excluding hydrogens is 234 g/mol. The minimum Gasteiger partial charge on any atom is -0.240 e. The van der Waals surface area contributed by atoms with Crippen LogP contribution < -0.4 is 0 Å². The zero-order chi connectivity index (χ0) is 13.1. The fraction of sp³-hybridized carbons (Fsp3) is 0.125. The zero-order valence-corrected chi connectivity index (χ0v) is 10.8. The standard InChI is InChI=1S/C16H15N3/c1-13-7-9-15(10-8-13)16-11-17-18-19(16)12-14-5-3-2-4-6-14/h2-11H,12H2,1H3. The first-order valence-corrected chi connectivity index (χ1v) is 6.32. The highest BCUT2D eigenvalue weighted by atomic mass is 15.4. The van der Waals surface area contributed by atoms with E-state index in [1.54, 1.807) is 0 Å². The van der Waals surface area contributed by atoms with Gasteiger partial charge in [0.15, 0.2) is 0 Å². The van der Waals surface area contributed by atoms with Gasteiger partial charge in [0, 0.05) is 5.56 Å². The minimum atomic E-state index is 0.740. The maximum absolute atomic E-state index is 4.18. The van der Waals surface area contributed by atoms with Crippen LogP contribution in [0.4, 0.5) is 0 Å². The summed E-state index contributed by atoms with van der Waals surface area (Å²) in [5.41, 5.74) is 4.67. The van der Waals surface area contributed by atoms with Crippen LogP contribution in [0.2, 0.25) is 0 Å². The van der Waals surface area contributed by atoms with Crippen molar-refractivity contribution in [3.05, 3.63) is 71.9 Å². The Morgan fingerprint density at radius 2 is 1.68 bits per heavy atom. The Balaban J connectivity index is 1.92. The molecule has 3 nitrogen and oxygen atoms in total. The van der Waals surface area contributed by atoms with Gasteiger partial charge in [0.2, 0.25) is 0 Å². The normalized spacial score (nSPS) is 10.6. The van der Waals surface area contributed by atoms with Gasteiger partial charge >= 0.3 is 0 Å². The van der Waals surface area contributed by atoms with Crippen molar-refractivity contribution >= 4 is 0 Å². The van der Waals surface area contributed by atoms with Gasteiger partial charge in [-0.15, -0.1) is 5.10 Å². The Morgan fingerprint density at radius 3 is 2.42 bits per heavy atom. The molecule has 1 heterocycles. The Hall–Kier alpha value is -2.42. The summed E-state index contributed by atoms with van der Waals surface area (Å²) < 4.78 is 1.93. The Kier molecular flexibility index (Phi) is 3.11. The van der Waals surface area contributed by atoms with Crippen molar-refractivity contribution in [2.24, 2.45) is 0 Å². The second-order valence-electron chi connectivity index (χ2n) is 4.63. The van der Waals surface area contributed by atoms with Gasteiger partial charge in [-0.05, 0) is 12.5 Å². The highest BCUT2D eigenvalue weighted by Crippen LogP contribution is 2.19. The van der Waals surface area contributed by atoms with E-state index in [0.717, 1.165) is 17.8 Å². The molecule has 3 aromatic rings. The first-order chi connectivity index (χ1) is 9.33. The molecule has 0 aliphatic heterocycles. The molecule has 0 radical (unpaired) electrons. The third-order valence-corrected chi connectivity index (χ3v) is 3.14. The van der Waals surface area contributed by atoms with E-state index in [1.807, 2.05) is 29.1 Å². The van der Waals surface area contributed by atoms with Crippen LogP contribution in [-0.4, -0.2) is 15.0 Å². The van der Waals surface area contributed by atoms with Crippen molar-refractivity contribution in [3.8, 4) is 11.3 Å². The molecule has 0 aliphatic rings. The molecule has 0 saturated carbocycles. The van der Waals surface area contributed by atoms with Gasteiger partial charge < -0.3 is 0 Å². The molecule has 3 heteroatoms. The summed E-state index contributed by atoms with van der Waals surface area (Å²) >= 11 is 0. The first kappa shape index (κ1) is 11.7. The molecule has 0 saturated heterocycles. The van der Waals surface area contributed by atoms with Gasteiger partial charge in [-0.3, -0.25) is 0 Å². The number of aromatic nitrogens is 3. The quantitative estimate of drug-likeness (QED) is 0.713. The molecule has 19 heavy (non-hydrogen) atoms. The third kappa shape index (κ3) is 2.55. The molecule has 0 atom stereocenters. The number of hydrogen-bond donors (Lipinski definition) is 0. The molecular formula is C16H15N3. The number of rotatable bonds is 3. The smallest absolute Gasteiger partial charge is 0.0889 e. The van der Waals surface area contributed by atoms with E-state index in [1.165, 1.54) is 11.1 Å². The second kappa shape index (κ2) is 5.06. The molecule has 0 bridgehead atoms. The van der Waals surface area contributed by atoms with Gasteiger partial charge in [0.1, 0.15) is 0 Å². The maximum Gasteiger partial charge on any atom is 0.0889 e. The van der Waals surface area contributed by atoms with E-state index < -0.39 is 0 Å². The van der Waals surface area contributed by atoms with Crippen molar-refractivity contribution in [1.29, 1.82) is 0 Å². The largest absolute Gasteiger partial charge is 0.240 e. The summed E-state index contributed by atoms with van der Waals surface area (Å²) in [4.78, 5) is 0. The molecule has 0 fully saturated rings. The fourth-order valence-corrected chi connectivity index (χ4v) is 2.08. The summed E-state index contributed by atoms with van der Waals surface area (Å²) in [5, 5.41) is 8.21. The SMILES string of the molecule is Cc1ccc(-c2cnnn2Cc2ccccc2)cc1. The van der Waals surface area contributed by atoms with Crippen LogP contribution in [0, 0.1) is 6.92 Å². The van der Waals surface area contributed by atoms with Crippen LogP contribution in [-0.2, 0) is 6.54 Å². The van der Waals surface area contributed by atoms with Crippen LogP contribution in [0.3, 0.4) is 0 Å². The lowest BCUT2D eigenvalue weighted by molar-refractivity contribution is 0.655. The van der Waals surface area contributed by atoms with Crippen molar-refractivity contribution in [2.75, 3.05) is 0 Å². The van der Waals surface area contributed by atoms with Gasteiger partial charge in [-0.1, -0.05) is 65.4 Å². The van der Waals surface area contributed by atoms with Crippen LogP contribution in [0.15, 0.2) is 60.8 Å². The van der Waals surface area contributed by atoms with E-state index in [2.05, 4.69) is 53.6 Å². The summed E-state index contributed by atoms with van der Waals surface area (Å²) in [6, 6.07) is 18.7. The lowest BCUT2D eigenvalue weighted by Gasteiger charge is -2.06. The van der Waals surface area contributed by atoms with E-state index in [4.69, 9.17) is 0 Å². The summed E-state index contributed by atoms with van der Waals surface area (Å²) in [7, 11) is 0. The van der Waals surface area contributed by atoms with Gasteiger partial charge in [-0.2, -0.15) is 0 Å². The van der Waals surface area contributed by atoms with Gasteiger partial charge in [0.05, 0.1) is 18.4 Å². The predicted octanol–water partition coefficient (Wildman–Crippen LogP) is 3.30. The Labute approximate surface area is 112 Å². The highest BCUT2D eigenvalue weighted by molar-refractivity contribution is 5.58. The number of nitrogens with zero attached hydrogens (tertiary/aromatic N) is 3. The number of benzene rings is 2. The minimum absolute atomic E-state index is 0.740. The molecule has 0 unspecified atom stereocenters. The van der Waals surface area contributed by atoms with E-state index in [0.29, 0.717) is 0 Å². The van der Waals surface area contributed by atoms with E-state index in [-0.39, 0.29) is 0 Å². The molecule has 3 rings (SSSR count). The molecule has 0 amide bonds. The average molecular weight is 249 g/mol. The predicted molar refractivity (Wildman–Crippen MR) is 75.7 cm³/mol. The van der Waals surface area contributed by atoms with Crippen molar-refractivity contribution in [2.45, 2.75) is 13.5 Å². The van der Waals surface area contributed by atoms with Crippen molar-refractivity contribution in [3.63, 3.8) is 0 Å². The molecule has 0 aliphatic carbocycles. The lowest BCUT2D eigenvalue weighted by atomic mass is 10.1. The van der Waals surface area contributed by atoms with Crippen molar-refractivity contribution in [1.82, 2.24) is 15.0 Å². The lowest BCUT2D eigenvalue weighted by Crippen LogP contribution is -2.03. The Morgan fingerprint density at radius 1 is 0.947 bits per heavy atom. The molecule has 0 spiro atoms. The molecule has 1 aromatic heterocycles. The second-order valence-corrected chi connectivity index (χ2v) is 4.63. The topological polar surface area (TPSA) is 30.7 Å². The van der Waals surface area contributed by atoms with E-state index in [9.17, 15) is 0 Å². The van der Waals surface area contributed by atoms with Crippen LogP contribution in [0.1, 0.15) is 11.1 Å². The van der Waals surface area contributed by atoms with Gasteiger partial charge in [0.25, 0.3) is 0 Å². The van der Waals surface area contributed by atoms with Crippen LogP contribution in [0.25, 0.3) is 11.3 Å². The summed E-state index contributed by atoms with van der Waals surface area (Å²) in [6.45, 7) is 2.83.